The standard InChI is InChI=1S/C12H18F7NO4S/c1-2-20(8-9(21)22)25(23,24)12(18,19)10(13,14)6-4-3-5-7-11(15,16)17/h2-8H2,1H3,(H,21,22). The minimum absolute atomic E-state index is 0.299. The number of sulfonamides is 1. The highest BCUT2D eigenvalue weighted by Gasteiger charge is 2.66. The highest BCUT2D eigenvalue weighted by molar-refractivity contribution is 7.90. The van der Waals surface area contributed by atoms with Crippen molar-refractivity contribution in [3.05, 3.63) is 0 Å². The quantitative estimate of drug-likeness (QED) is 0.422. The molecule has 0 radical (unpaired) electrons. The van der Waals surface area contributed by atoms with Gasteiger partial charge in [-0.2, -0.15) is 35.0 Å². The number of carboxylic acids is 1. The molecule has 0 aliphatic heterocycles. The van der Waals surface area contributed by atoms with Crippen molar-refractivity contribution < 1.29 is 49.1 Å². The molecule has 0 saturated carbocycles. The summed E-state index contributed by atoms with van der Waals surface area (Å²) in [6.45, 7) is -1.20. The highest BCUT2D eigenvalue weighted by atomic mass is 32.2. The van der Waals surface area contributed by atoms with E-state index in [1.165, 1.54) is 0 Å². The van der Waals surface area contributed by atoms with Gasteiger partial charge in [-0.3, -0.25) is 4.79 Å². The van der Waals surface area contributed by atoms with E-state index in [0.717, 1.165) is 6.92 Å². The number of likely N-dealkylation sites (N-methyl/N-ethyl adjacent to an activating group) is 1. The van der Waals surface area contributed by atoms with Crippen LogP contribution < -0.4 is 0 Å². The summed E-state index contributed by atoms with van der Waals surface area (Å²) in [6, 6.07) is 0. The maximum Gasteiger partial charge on any atom is 0.420 e. The molecule has 13 heteroatoms. The van der Waals surface area contributed by atoms with Gasteiger partial charge >= 0.3 is 23.3 Å². The topological polar surface area (TPSA) is 74.7 Å². The zero-order valence-electron chi connectivity index (χ0n) is 13.1. The lowest BCUT2D eigenvalue weighted by atomic mass is 10.1. The van der Waals surface area contributed by atoms with Crippen molar-refractivity contribution in [2.24, 2.45) is 0 Å². The Hall–Kier alpha value is -1.11. The van der Waals surface area contributed by atoms with Gasteiger partial charge in [0, 0.05) is 19.4 Å². The molecule has 0 amide bonds. The van der Waals surface area contributed by atoms with E-state index in [1.807, 2.05) is 0 Å². The molecule has 0 aromatic carbocycles. The first-order valence-electron chi connectivity index (χ1n) is 7.12. The molecule has 0 heterocycles. The average molecular weight is 405 g/mol. The van der Waals surface area contributed by atoms with Crippen LogP contribution in [-0.4, -0.2) is 54.2 Å². The number of hydrogen-bond donors (Lipinski definition) is 1. The van der Waals surface area contributed by atoms with Crippen LogP contribution in [0.15, 0.2) is 0 Å². The van der Waals surface area contributed by atoms with Crippen molar-refractivity contribution in [2.45, 2.75) is 56.4 Å². The minimum atomic E-state index is -5.98. The molecule has 0 aliphatic rings. The van der Waals surface area contributed by atoms with Gasteiger partial charge < -0.3 is 5.11 Å². The molecule has 0 aromatic heterocycles. The monoisotopic (exact) mass is 405 g/mol. The third-order valence-electron chi connectivity index (χ3n) is 3.21. The van der Waals surface area contributed by atoms with Crippen LogP contribution in [0, 0.1) is 0 Å². The van der Waals surface area contributed by atoms with E-state index in [0.29, 0.717) is 0 Å². The van der Waals surface area contributed by atoms with Gasteiger partial charge in [0.1, 0.15) is 6.54 Å². The van der Waals surface area contributed by atoms with Crippen LogP contribution in [0.3, 0.4) is 0 Å². The Morgan fingerprint density at radius 1 is 0.960 bits per heavy atom. The van der Waals surface area contributed by atoms with Crippen LogP contribution >= 0.6 is 0 Å². The summed E-state index contributed by atoms with van der Waals surface area (Å²) in [5, 5.41) is 2.89. The summed E-state index contributed by atoms with van der Waals surface area (Å²) in [4.78, 5) is 10.5. The van der Waals surface area contributed by atoms with Gasteiger partial charge in [0.15, 0.2) is 0 Å². The molecule has 0 fully saturated rings. The Morgan fingerprint density at radius 2 is 1.44 bits per heavy atom. The fourth-order valence-corrected chi connectivity index (χ4v) is 3.29. The van der Waals surface area contributed by atoms with E-state index in [4.69, 9.17) is 5.11 Å². The number of unbranched alkanes of at least 4 members (excludes halogenated alkanes) is 2. The highest BCUT2D eigenvalue weighted by Crippen LogP contribution is 2.43. The van der Waals surface area contributed by atoms with Crippen molar-refractivity contribution in [1.82, 2.24) is 4.31 Å². The number of rotatable bonds is 11. The van der Waals surface area contributed by atoms with Gasteiger partial charge in [0.25, 0.3) is 10.0 Å². The Morgan fingerprint density at radius 3 is 1.84 bits per heavy atom. The molecule has 150 valence electrons. The second-order valence-electron chi connectivity index (χ2n) is 5.22. The second-order valence-corrected chi connectivity index (χ2v) is 7.20. The third kappa shape index (κ3) is 6.60. The van der Waals surface area contributed by atoms with E-state index in [1.54, 1.807) is 0 Å². The number of hydrogen-bond acceptors (Lipinski definition) is 3. The van der Waals surface area contributed by atoms with Crippen LogP contribution in [0.2, 0.25) is 0 Å². The first-order chi connectivity index (χ1) is 11.1. The lowest BCUT2D eigenvalue weighted by Gasteiger charge is -2.30. The number of alkyl halides is 7. The summed E-state index contributed by atoms with van der Waals surface area (Å²) in [5.74, 6) is -6.87. The van der Waals surface area contributed by atoms with Crippen molar-refractivity contribution in [3.63, 3.8) is 0 Å². The fraction of sp³-hybridized carbons (Fsp3) is 0.917. The number of carboxylic acid groups (broad SMARTS) is 1. The summed E-state index contributed by atoms with van der Waals surface area (Å²) >= 11 is 0. The van der Waals surface area contributed by atoms with E-state index in [2.05, 4.69) is 0 Å². The summed E-state index contributed by atoms with van der Waals surface area (Å²) in [6.07, 6.45) is -9.18. The van der Waals surface area contributed by atoms with E-state index in [-0.39, 0.29) is 4.31 Å². The largest absolute Gasteiger partial charge is 0.480 e. The predicted octanol–water partition coefficient (Wildman–Crippen LogP) is 3.46. The number of aliphatic carboxylic acids is 1. The molecule has 5 nitrogen and oxygen atoms in total. The molecular weight excluding hydrogens is 387 g/mol. The molecule has 0 bridgehead atoms. The van der Waals surface area contributed by atoms with Crippen LogP contribution in [0.4, 0.5) is 30.7 Å². The lowest BCUT2D eigenvalue weighted by molar-refractivity contribution is -0.164. The number of nitrogens with zero attached hydrogens (tertiary/aromatic N) is 1. The van der Waals surface area contributed by atoms with Gasteiger partial charge in [-0.05, 0) is 12.8 Å². The molecule has 0 atom stereocenters. The fourth-order valence-electron chi connectivity index (χ4n) is 1.86. The Kier molecular flexibility index (Phi) is 8.14. The summed E-state index contributed by atoms with van der Waals surface area (Å²) < 4.78 is 114. The van der Waals surface area contributed by atoms with Gasteiger partial charge in [0.2, 0.25) is 0 Å². The molecule has 0 aliphatic carbocycles. The molecule has 0 saturated heterocycles. The predicted molar refractivity (Wildman–Crippen MR) is 72.8 cm³/mol. The molecule has 25 heavy (non-hydrogen) atoms. The minimum Gasteiger partial charge on any atom is -0.480 e. The molecule has 0 spiro atoms. The van der Waals surface area contributed by atoms with E-state index >= 15 is 0 Å². The van der Waals surface area contributed by atoms with Gasteiger partial charge in [0.05, 0.1) is 0 Å². The van der Waals surface area contributed by atoms with Crippen molar-refractivity contribution in [2.75, 3.05) is 13.1 Å². The first kappa shape index (κ1) is 23.9. The van der Waals surface area contributed by atoms with Crippen molar-refractivity contribution in [3.8, 4) is 0 Å². The molecule has 0 rings (SSSR count). The Balaban J connectivity index is 5.03. The molecule has 0 unspecified atom stereocenters. The van der Waals surface area contributed by atoms with Crippen LogP contribution in [0.5, 0.6) is 0 Å². The maximum atomic E-state index is 13.8. The lowest BCUT2D eigenvalue weighted by Crippen LogP contribution is -2.54. The maximum absolute atomic E-state index is 13.8. The zero-order valence-corrected chi connectivity index (χ0v) is 13.9. The normalized spacial score (nSPS) is 14.1. The van der Waals surface area contributed by atoms with E-state index in [9.17, 15) is 43.9 Å². The van der Waals surface area contributed by atoms with Crippen molar-refractivity contribution in [1.29, 1.82) is 0 Å². The van der Waals surface area contributed by atoms with Crippen molar-refractivity contribution >= 4 is 16.0 Å². The summed E-state index contributed by atoms with van der Waals surface area (Å²) in [5.41, 5.74) is 0. The van der Waals surface area contributed by atoms with Crippen LogP contribution in [0.1, 0.15) is 39.0 Å². The summed E-state index contributed by atoms with van der Waals surface area (Å²) in [7, 11) is -5.98. The third-order valence-corrected chi connectivity index (χ3v) is 5.22. The molecule has 1 N–H and O–H groups in total. The first-order valence-corrected chi connectivity index (χ1v) is 8.56. The van der Waals surface area contributed by atoms with Gasteiger partial charge in [-0.15, -0.1) is 0 Å². The number of halogens is 7. The Bertz CT molecular complexity index is 548. The zero-order chi connectivity index (χ0) is 20.1. The SMILES string of the molecule is CCN(CC(=O)O)S(=O)(=O)C(F)(F)C(F)(F)CCCCCC(F)(F)F. The van der Waals surface area contributed by atoms with Gasteiger partial charge in [-0.25, -0.2) is 8.42 Å². The molecule has 0 aromatic rings. The van der Waals surface area contributed by atoms with Crippen LogP contribution in [-0.2, 0) is 14.8 Å². The smallest absolute Gasteiger partial charge is 0.420 e. The second kappa shape index (κ2) is 8.52. The van der Waals surface area contributed by atoms with Crippen LogP contribution in [0.25, 0.3) is 0 Å². The average Bonchev–Trinajstić information content (AvgIpc) is 2.42. The van der Waals surface area contributed by atoms with E-state index < -0.39 is 78.5 Å². The number of carbonyl (C=O) groups is 1. The molecular formula is C12H18F7NO4S. The van der Waals surface area contributed by atoms with Gasteiger partial charge in [-0.1, -0.05) is 13.3 Å². The Labute approximate surface area is 139 Å².